The average molecular weight is 252 g/mol. The van der Waals surface area contributed by atoms with E-state index in [1.165, 1.54) is 0 Å². The van der Waals surface area contributed by atoms with Crippen LogP contribution >= 0.6 is 0 Å². The number of amides is 3. The Hall–Kier alpha value is -1.39. The maximum atomic E-state index is 12.3. The molecule has 2 rings (SSSR count). The highest BCUT2D eigenvalue weighted by Gasteiger charge is 2.41. The summed E-state index contributed by atoms with van der Waals surface area (Å²) in [5, 5.41) is 5.08. The molecule has 0 aromatic rings. The molecule has 0 aromatic carbocycles. The van der Waals surface area contributed by atoms with Crippen LogP contribution in [0.15, 0.2) is 0 Å². The number of hydrogen-bond acceptors (Lipinski definition) is 3. The smallest absolute Gasteiger partial charge is 0.249 e. The molecule has 2 N–H and O–H groups in total. The minimum Gasteiger partial charge on any atom is -0.344 e. The minimum absolute atomic E-state index is 0.0167. The molecule has 1 saturated carbocycles. The van der Waals surface area contributed by atoms with E-state index in [1.807, 2.05) is 6.92 Å². The van der Waals surface area contributed by atoms with Gasteiger partial charge in [0.25, 0.3) is 0 Å². The van der Waals surface area contributed by atoms with Gasteiger partial charge in [0, 0.05) is 11.8 Å². The van der Waals surface area contributed by atoms with Gasteiger partial charge in [0.05, 0.1) is 0 Å². The molecule has 100 valence electrons. The molecule has 0 bridgehead atoms. The van der Waals surface area contributed by atoms with Crippen molar-refractivity contribution in [2.24, 2.45) is 5.41 Å². The lowest BCUT2D eigenvalue weighted by molar-refractivity contribution is -0.140. The summed E-state index contributed by atoms with van der Waals surface area (Å²) < 4.78 is 0. The second-order valence-electron chi connectivity index (χ2n) is 5.32. The Morgan fingerprint density at radius 3 is 2.61 bits per heavy atom. The molecule has 5 heteroatoms. The van der Waals surface area contributed by atoms with Crippen molar-refractivity contribution >= 4 is 17.7 Å². The number of rotatable bonds is 3. The molecule has 1 atom stereocenters. The van der Waals surface area contributed by atoms with E-state index in [0.717, 1.165) is 32.1 Å². The van der Waals surface area contributed by atoms with E-state index in [4.69, 9.17) is 0 Å². The molecule has 0 aromatic heterocycles. The number of carbonyl (C=O) groups is 3. The summed E-state index contributed by atoms with van der Waals surface area (Å²) in [6.07, 6.45) is 5.50. The molecular weight excluding hydrogens is 232 g/mol. The summed E-state index contributed by atoms with van der Waals surface area (Å²) in [5.41, 5.74) is -0.290. The summed E-state index contributed by atoms with van der Waals surface area (Å²) in [7, 11) is 0. The predicted octanol–water partition coefficient (Wildman–Crippen LogP) is 0.878. The number of carbonyl (C=O) groups excluding carboxylic acids is 3. The van der Waals surface area contributed by atoms with Crippen LogP contribution in [-0.2, 0) is 14.4 Å². The van der Waals surface area contributed by atoms with Crippen molar-refractivity contribution in [3.05, 3.63) is 0 Å². The van der Waals surface area contributed by atoms with Crippen LogP contribution in [0.5, 0.6) is 0 Å². The normalized spacial score (nSPS) is 26.8. The largest absolute Gasteiger partial charge is 0.344 e. The van der Waals surface area contributed by atoms with Gasteiger partial charge >= 0.3 is 0 Å². The van der Waals surface area contributed by atoms with E-state index < -0.39 is 6.04 Å². The molecule has 2 aliphatic rings. The molecule has 2 fully saturated rings. The molecule has 1 aliphatic carbocycles. The van der Waals surface area contributed by atoms with Crippen LogP contribution in [0.3, 0.4) is 0 Å². The summed E-state index contributed by atoms with van der Waals surface area (Å²) in [5.74, 6) is -0.641. The number of nitrogens with one attached hydrogen (secondary N) is 2. The fraction of sp³-hybridized carbons (Fsp3) is 0.769. The second kappa shape index (κ2) is 5.08. The first-order valence-corrected chi connectivity index (χ1v) is 6.72. The van der Waals surface area contributed by atoms with Gasteiger partial charge in [0.1, 0.15) is 6.04 Å². The van der Waals surface area contributed by atoms with Crippen LogP contribution in [-0.4, -0.2) is 23.8 Å². The van der Waals surface area contributed by atoms with E-state index >= 15 is 0 Å². The first kappa shape index (κ1) is 13.1. The standard InChI is InChI=1S/C13H20N2O3/c1-2-13(7-3-4-8-13)12(18)14-9-5-6-10(16)15-11(9)17/h9H,2-8H2,1H3,(H,14,18)(H,15,16,17). The summed E-state index contributed by atoms with van der Waals surface area (Å²) in [6, 6.07) is -0.542. The molecule has 5 nitrogen and oxygen atoms in total. The third kappa shape index (κ3) is 2.40. The van der Waals surface area contributed by atoms with Crippen molar-refractivity contribution in [2.75, 3.05) is 0 Å². The summed E-state index contributed by atoms with van der Waals surface area (Å²) >= 11 is 0. The van der Waals surface area contributed by atoms with Gasteiger partial charge in [0.2, 0.25) is 17.7 Å². The van der Waals surface area contributed by atoms with Crippen molar-refractivity contribution in [1.29, 1.82) is 0 Å². The van der Waals surface area contributed by atoms with Gasteiger partial charge in [-0.2, -0.15) is 0 Å². The van der Waals surface area contributed by atoms with Crippen molar-refractivity contribution in [3.63, 3.8) is 0 Å². The third-order valence-corrected chi connectivity index (χ3v) is 4.26. The zero-order chi connectivity index (χ0) is 13.2. The molecule has 18 heavy (non-hydrogen) atoms. The Kier molecular flexibility index (Phi) is 3.68. The average Bonchev–Trinajstić information content (AvgIpc) is 2.82. The quantitative estimate of drug-likeness (QED) is 0.732. The highest BCUT2D eigenvalue weighted by Crippen LogP contribution is 2.41. The van der Waals surface area contributed by atoms with E-state index in [0.29, 0.717) is 12.8 Å². The van der Waals surface area contributed by atoms with Gasteiger partial charge in [-0.25, -0.2) is 0 Å². The molecule has 0 radical (unpaired) electrons. The van der Waals surface area contributed by atoms with Gasteiger partial charge in [-0.05, 0) is 25.7 Å². The summed E-state index contributed by atoms with van der Waals surface area (Å²) in [6.45, 7) is 2.02. The van der Waals surface area contributed by atoms with E-state index in [9.17, 15) is 14.4 Å². The van der Waals surface area contributed by atoms with Crippen LogP contribution in [0.2, 0.25) is 0 Å². The third-order valence-electron chi connectivity index (χ3n) is 4.26. The molecule has 0 spiro atoms. The first-order valence-electron chi connectivity index (χ1n) is 6.72. The van der Waals surface area contributed by atoms with E-state index in [-0.39, 0.29) is 23.1 Å². The van der Waals surface area contributed by atoms with Crippen molar-refractivity contribution in [3.8, 4) is 0 Å². The number of hydrogen-bond donors (Lipinski definition) is 2. The van der Waals surface area contributed by atoms with Crippen molar-refractivity contribution in [1.82, 2.24) is 10.6 Å². The Morgan fingerprint density at radius 2 is 2.06 bits per heavy atom. The van der Waals surface area contributed by atoms with Crippen molar-refractivity contribution in [2.45, 2.75) is 57.9 Å². The van der Waals surface area contributed by atoms with Crippen LogP contribution in [0, 0.1) is 5.41 Å². The molecule has 1 unspecified atom stereocenters. The Balaban J connectivity index is 1.98. The number of piperidine rings is 1. The molecule has 1 heterocycles. The minimum atomic E-state index is -0.542. The fourth-order valence-electron chi connectivity index (χ4n) is 2.94. The fourth-order valence-corrected chi connectivity index (χ4v) is 2.94. The van der Waals surface area contributed by atoms with Gasteiger partial charge in [-0.1, -0.05) is 19.8 Å². The predicted molar refractivity (Wildman–Crippen MR) is 65.5 cm³/mol. The van der Waals surface area contributed by atoms with Gasteiger partial charge < -0.3 is 5.32 Å². The van der Waals surface area contributed by atoms with Crippen molar-refractivity contribution < 1.29 is 14.4 Å². The Labute approximate surface area is 107 Å². The van der Waals surface area contributed by atoms with E-state index in [1.54, 1.807) is 0 Å². The molecule has 1 saturated heterocycles. The molecule has 1 aliphatic heterocycles. The lowest BCUT2D eigenvalue weighted by Crippen LogP contribution is -2.55. The maximum absolute atomic E-state index is 12.3. The van der Waals surface area contributed by atoms with Crippen LogP contribution in [0.25, 0.3) is 0 Å². The Morgan fingerprint density at radius 1 is 1.39 bits per heavy atom. The van der Waals surface area contributed by atoms with Gasteiger partial charge in [-0.15, -0.1) is 0 Å². The van der Waals surface area contributed by atoms with E-state index in [2.05, 4.69) is 10.6 Å². The highest BCUT2D eigenvalue weighted by atomic mass is 16.2. The lowest BCUT2D eigenvalue weighted by atomic mass is 9.82. The molecular formula is C13H20N2O3. The zero-order valence-corrected chi connectivity index (χ0v) is 10.8. The SMILES string of the molecule is CCC1(C(=O)NC2CCC(=O)NC2=O)CCCC1. The van der Waals surface area contributed by atoms with Gasteiger partial charge in [-0.3, -0.25) is 19.7 Å². The zero-order valence-electron chi connectivity index (χ0n) is 10.8. The van der Waals surface area contributed by atoms with Crippen LogP contribution in [0.1, 0.15) is 51.9 Å². The van der Waals surface area contributed by atoms with Crippen LogP contribution in [0.4, 0.5) is 0 Å². The first-order chi connectivity index (χ1) is 8.57. The monoisotopic (exact) mass is 252 g/mol. The maximum Gasteiger partial charge on any atom is 0.249 e. The molecule has 3 amide bonds. The number of imide groups is 1. The van der Waals surface area contributed by atoms with Gasteiger partial charge in [0.15, 0.2) is 0 Å². The Bertz CT molecular complexity index is 372. The second-order valence-corrected chi connectivity index (χ2v) is 5.32. The summed E-state index contributed by atoms with van der Waals surface area (Å²) in [4.78, 5) is 35.0. The highest BCUT2D eigenvalue weighted by molar-refractivity contribution is 6.02. The lowest BCUT2D eigenvalue weighted by Gasteiger charge is -2.30. The van der Waals surface area contributed by atoms with Crippen LogP contribution < -0.4 is 10.6 Å². The topological polar surface area (TPSA) is 75.3 Å².